The van der Waals surface area contributed by atoms with Crippen molar-refractivity contribution in [3.8, 4) is 0 Å². The van der Waals surface area contributed by atoms with Crippen LogP contribution in [0.15, 0.2) is 63.2 Å². The van der Waals surface area contributed by atoms with E-state index in [2.05, 4.69) is 25.8 Å². The van der Waals surface area contributed by atoms with Crippen molar-refractivity contribution >= 4 is 27.8 Å². The van der Waals surface area contributed by atoms with Gasteiger partial charge in [0.05, 0.1) is 24.8 Å². The monoisotopic (exact) mass is 516 g/mol. The average molecular weight is 517 g/mol. The quantitative estimate of drug-likeness (QED) is 0.661. The molecule has 33 heavy (non-hydrogen) atoms. The summed E-state index contributed by atoms with van der Waals surface area (Å²) in [5.74, 6) is -0.819. The van der Waals surface area contributed by atoms with Gasteiger partial charge in [0.1, 0.15) is 11.6 Å². The molecule has 0 radical (unpaired) electrons. The van der Waals surface area contributed by atoms with Crippen molar-refractivity contribution in [2.45, 2.75) is 19.0 Å². The Bertz CT molecular complexity index is 1130. The number of amides is 1. The van der Waals surface area contributed by atoms with Gasteiger partial charge in [-0.05, 0) is 35.4 Å². The minimum Gasteiger partial charge on any atom is -0.394 e. The number of hydrogen-bond acceptors (Lipinski definition) is 5. The number of hydrogen-bond donors (Lipinski definition) is 1. The van der Waals surface area contributed by atoms with Crippen LogP contribution in [0.3, 0.4) is 0 Å². The first-order chi connectivity index (χ1) is 15.9. The van der Waals surface area contributed by atoms with E-state index in [1.54, 1.807) is 4.90 Å². The van der Waals surface area contributed by atoms with Crippen molar-refractivity contribution in [2.75, 3.05) is 32.8 Å². The summed E-state index contributed by atoms with van der Waals surface area (Å²) < 4.78 is 28.2. The third-order valence-electron chi connectivity index (χ3n) is 6.30. The van der Waals surface area contributed by atoms with E-state index in [4.69, 9.17) is 0 Å². The Hall–Kier alpha value is -2.62. The predicted molar refractivity (Wildman–Crippen MR) is 123 cm³/mol. The summed E-state index contributed by atoms with van der Waals surface area (Å²) >= 11 is 3.42. The third-order valence-corrected chi connectivity index (χ3v) is 6.83. The molecule has 9 heteroatoms. The van der Waals surface area contributed by atoms with Gasteiger partial charge in [0, 0.05) is 48.8 Å². The maximum absolute atomic E-state index is 13.7. The van der Waals surface area contributed by atoms with E-state index >= 15 is 0 Å². The van der Waals surface area contributed by atoms with E-state index in [0.29, 0.717) is 56.2 Å². The number of aliphatic hydroxyl groups excluding tert-OH is 1. The Morgan fingerprint density at radius 2 is 1.82 bits per heavy atom. The standard InChI is InChI=1S/C24H23BrF2N4O2/c25-17-3-1-16(2-4-17)22(14-32)31-23(33)20-13-29(12-15-9-18(26)11-19(27)10-15)7-5-21(20)30-8-6-28-24(30)31/h1-4,9-11,22,32H,5-8,12-14H2/t22-/m1/s1. The molecule has 3 aliphatic rings. The second kappa shape index (κ2) is 8.96. The summed E-state index contributed by atoms with van der Waals surface area (Å²) in [6, 6.07) is 10.5. The van der Waals surface area contributed by atoms with Crippen molar-refractivity contribution < 1.29 is 18.7 Å². The predicted octanol–water partition coefficient (Wildman–Crippen LogP) is 3.43. The van der Waals surface area contributed by atoms with Crippen molar-refractivity contribution in [1.82, 2.24) is 14.7 Å². The fourth-order valence-corrected chi connectivity index (χ4v) is 5.09. The highest BCUT2D eigenvalue weighted by Crippen LogP contribution is 2.36. The lowest BCUT2D eigenvalue weighted by Crippen LogP contribution is -2.55. The van der Waals surface area contributed by atoms with Crippen LogP contribution in [-0.4, -0.2) is 64.5 Å². The summed E-state index contributed by atoms with van der Waals surface area (Å²) in [7, 11) is 0. The van der Waals surface area contributed by atoms with Crippen molar-refractivity contribution in [1.29, 1.82) is 0 Å². The largest absolute Gasteiger partial charge is 0.394 e. The molecule has 1 atom stereocenters. The number of halogens is 3. The van der Waals surface area contributed by atoms with E-state index in [9.17, 15) is 18.7 Å². The zero-order valence-corrected chi connectivity index (χ0v) is 19.4. The molecule has 0 saturated heterocycles. The van der Waals surface area contributed by atoms with Crippen LogP contribution in [0.2, 0.25) is 0 Å². The normalized spacial score (nSPS) is 19.5. The van der Waals surface area contributed by atoms with Gasteiger partial charge in [0.25, 0.3) is 5.91 Å². The Kier molecular flexibility index (Phi) is 6.03. The molecule has 3 heterocycles. The van der Waals surface area contributed by atoms with E-state index in [-0.39, 0.29) is 12.5 Å². The fourth-order valence-electron chi connectivity index (χ4n) is 4.83. The van der Waals surface area contributed by atoms with Gasteiger partial charge in [0.2, 0.25) is 5.96 Å². The molecule has 2 aromatic rings. The van der Waals surface area contributed by atoms with Crippen LogP contribution in [0.4, 0.5) is 8.78 Å². The molecule has 0 aliphatic carbocycles. The minimum absolute atomic E-state index is 0.181. The number of carbonyl (C=O) groups excluding carboxylic acids is 1. The van der Waals surface area contributed by atoms with Gasteiger partial charge >= 0.3 is 0 Å². The third kappa shape index (κ3) is 4.20. The van der Waals surface area contributed by atoms with E-state index in [1.807, 2.05) is 29.2 Å². The second-order valence-electron chi connectivity index (χ2n) is 8.42. The van der Waals surface area contributed by atoms with Gasteiger partial charge < -0.3 is 10.0 Å². The van der Waals surface area contributed by atoms with Gasteiger partial charge in [-0.25, -0.2) is 8.78 Å². The van der Waals surface area contributed by atoms with Crippen LogP contribution < -0.4 is 0 Å². The highest BCUT2D eigenvalue weighted by molar-refractivity contribution is 9.10. The molecule has 0 bridgehead atoms. The number of fused-ring (bicyclic) bond motifs is 2. The molecular formula is C24H23BrF2N4O2. The van der Waals surface area contributed by atoms with Crippen molar-refractivity contribution in [3.05, 3.63) is 81.0 Å². The maximum atomic E-state index is 13.7. The fraction of sp³-hybridized carbons (Fsp3) is 0.333. The zero-order valence-electron chi connectivity index (χ0n) is 17.8. The van der Waals surface area contributed by atoms with Gasteiger partial charge in [-0.2, -0.15) is 0 Å². The summed E-state index contributed by atoms with van der Waals surface area (Å²) in [4.78, 5) is 24.0. The molecule has 1 amide bonds. The first kappa shape index (κ1) is 22.2. The number of benzene rings is 2. The van der Waals surface area contributed by atoms with E-state index in [0.717, 1.165) is 21.8 Å². The van der Waals surface area contributed by atoms with E-state index in [1.165, 1.54) is 12.1 Å². The van der Waals surface area contributed by atoms with Gasteiger partial charge in [-0.1, -0.05) is 28.1 Å². The molecule has 2 aromatic carbocycles. The molecule has 1 N–H and O–H groups in total. The molecular weight excluding hydrogens is 494 g/mol. The molecule has 172 valence electrons. The van der Waals surface area contributed by atoms with Gasteiger partial charge in [-0.3, -0.25) is 19.6 Å². The molecule has 5 rings (SSSR count). The first-order valence-electron chi connectivity index (χ1n) is 10.9. The maximum Gasteiger partial charge on any atom is 0.260 e. The Morgan fingerprint density at radius 1 is 1.09 bits per heavy atom. The summed E-state index contributed by atoms with van der Waals surface area (Å²) in [6.07, 6.45) is 0.647. The topological polar surface area (TPSA) is 59.4 Å². The minimum atomic E-state index is -0.611. The van der Waals surface area contributed by atoms with Crippen LogP contribution in [0.1, 0.15) is 23.6 Å². The number of nitrogens with zero attached hydrogens (tertiary/aromatic N) is 4. The highest BCUT2D eigenvalue weighted by atomic mass is 79.9. The van der Waals surface area contributed by atoms with Gasteiger partial charge in [-0.15, -0.1) is 0 Å². The van der Waals surface area contributed by atoms with Crippen molar-refractivity contribution in [2.24, 2.45) is 4.99 Å². The number of rotatable bonds is 5. The number of aliphatic hydroxyl groups is 1. The molecule has 0 unspecified atom stereocenters. The number of carbonyl (C=O) groups is 1. The molecule has 0 spiro atoms. The van der Waals surface area contributed by atoms with Crippen LogP contribution in [-0.2, 0) is 11.3 Å². The molecule has 0 fully saturated rings. The number of guanidine groups is 1. The average Bonchev–Trinajstić information content (AvgIpc) is 3.26. The summed E-state index contributed by atoms with van der Waals surface area (Å²) in [5, 5.41) is 10.3. The lowest BCUT2D eigenvalue weighted by molar-refractivity contribution is -0.127. The van der Waals surface area contributed by atoms with E-state index < -0.39 is 17.7 Å². The lowest BCUT2D eigenvalue weighted by atomic mass is 9.97. The molecule has 3 aliphatic heterocycles. The first-order valence-corrected chi connectivity index (χ1v) is 11.6. The Labute approximate surface area is 198 Å². The SMILES string of the molecule is O=C1C2=C(CCN(Cc3cc(F)cc(F)c3)C2)N2CCN=C2N1[C@H](CO)c1ccc(Br)cc1. The zero-order chi connectivity index (χ0) is 23.1. The van der Waals surface area contributed by atoms with Crippen LogP contribution in [0.5, 0.6) is 0 Å². The molecule has 0 saturated carbocycles. The second-order valence-corrected chi connectivity index (χ2v) is 9.34. The van der Waals surface area contributed by atoms with Crippen LogP contribution >= 0.6 is 15.9 Å². The summed E-state index contributed by atoms with van der Waals surface area (Å²) in [6.45, 7) is 2.41. The molecule has 6 nitrogen and oxygen atoms in total. The molecule has 0 aromatic heterocycles. The summed E-state index contributed by atoms with van der Waals surface area (Å²) in [5.41, 5.74) is 2.95. The van der Waals surface area contributed by atoms with Gasteiger partial charge in [0.15, 0.2) is 0 Å². The van der Waals surface area contributed by atoms with Crippen molar-refractivity contribution in [3.63, 3.8) is 0 Å². The number of aliphatic imine (C=N–C) groups is 1. The smallest absolute Gasteiger partial charge is 0.260 e. The Balaban J connectivity index is 1.45. The van der Waals surface area contributed by atoms with Crippen LogP contribution in [0, 0.1) is 11.6 Å². The Morgan fingerprint density at radius 3 is 2.52 bits per heavy atom. The highest BCUT2D eigenvalue weighted by Gasteiger charge is 2.44. The lowest BCUT2D eigenvalue weighted by Gasteiger charge is -2.44. The van der Waals surface area contributed by atoms with Crippen LogP contribution in [0.25, 0.3) is 0 Å².